The second-order valence-corrected chi connectivity index (χ2v) is 6.57. The van der Waals surface area contributed by atoms with E-state index in [0.29, 0.717) is 18.8 Å². The van der Waals surface area contributed by atoms with Crippen LogP contribution in [0.5, 0.6) is 0 Å². The minimum Gasteiger partial charge on any atom is -0.345 e. The first-order valence-corrected chi connectivity index (χ1v) is 8.48. The molecule has 0 radical (unpaired) electrons. The quantitative estimate of drug-likeness (QED) is 0.723. The monoisotopic (exact) mass is 327 g/mol. The second kappa shape index (κ2) is 5.66. The number of anilines is 1. The number of thiazole rings is 1. The zero-order valence-electron chi connectivity index (χ0n) is 12.8. The molecule has 0 aliphatic carbocycles. The number of aryl methyl sites for hydroxylation is 1. The molecule has 0 aromatic carbocycles. The minimum absolute atomic E-state index is 0.00476. The van der Waals surface area contributed by atoms with Crippen LogP contribution < -0.4 is 4.90 Å². The van der Waals surface area contributed by atoms with Gasteiger partial charge in [0.25, 0.3) is 5.91 Å². The van der Waals surface area contributed by atoms with Crippen LogP contribution in [-0.4, -0.2) is 51.4 Å². The summed E-state index contributed by atoms with van der Waals surface area (Å²) in [6.45, 7) is 5.05. The van der Waals surface area contributed by atoms with Crippen LogP contribution >= 0.6 is 11.3 Å². The molecule has 1 amide bonds. The standard InChI is InChI=1S/C16H17N5OS/c1-12-2-3-14-18-13(11-21(14)10-12)15(22)19-5-7-20(8-6-19)16-17-4-9-23-16/h2-4,9-11H,5-8H2,1H3. The molecule has 118 valence electrons. The number of aromatic nitrogens is 3. The van der Waals surface area contributed by atoms with E-state index in [0.717, 1.165) is 29.4 Å². The van der Waals surface area contributed by atoms with Gasteiger partial charge < -0.3 is 14.2 Å². The Bertz CT molecular complexity index is 833. The van der Waals surface area contributed by atoms with Crippen LogP contribution in [-0.2, 0) is 0 Å². The second-order valence-electron chi connectivity index (χ2n) is 5.69. The van der Waals surface area contributed by atoms with Gasteiger partial charge in [-0.15, -0.1) is 11.3 Å². The number of fused-ring (bicyclic) bond motifs is 1. The Hall–Kier alpha value is -2.41. The van der Waals surface area contributed by atoms with E-state index >= 15 is 0 Å². The Balaban J connectivity index is 1.48. The fourth-order valence-electron chi connectivity index (χ4n) is 2.84. The van der Waals surface area contributed by atoms with Crippen molar-refractivity contribution >= 4 is 28.0 Å². The Kier molecular flexibility index (Phi) is 3.49. The van der Waals surface area contributed by atoms with Gasteiger partial charge in [-0.25, -0.2) is 9.97 Å². The lowest BCUT2D eigenvalue weighted by Crippen LogP contribution is -2.48. The molecule has 6 nitrogen and oxygen atoms in total. The summed E-state index contributed by atoms with van der Waals surface area (Å²) < 4.78 is 1.91. The van der Waals surface area contributed by atoms with Crippen LogP contribution in [0.4, 0.5) is 5.13 Å². The SMILES string of the molecule is Cc1ccc2nc(C(=O)N3CCN(c4nccs4)CC3)cn2c1. The highest BCUT2D eigenvalue weighted by Crippen LogP contribution is 2.19. The largest absolute Gasteiger partial charge is 0.345 e. The third-order valence-corrected chi connectivity index (χ3v) is 4.91. The number of imidazole rings is 1. The molecule has 0 atom stereocenters. The average molecular weight is 327 g/mol. The third-order valence-electron chi connectivity index (χ3n) is 4.07. The predicted molar refractivity (Wildman–Crippen MR) is 90.2 cm³/mol. The Labute approximate surface area is 138 Å². The maximum atomic E-state index is 12.7. The van der Waals surface area contributed by atoms with E-state index in [1.54, 1.807) is 11.3 Å². The van der Waals surface area contributed by atoms with Gasteiger partial charge in [0.2, 0.25) is 0 Å². The lowest BCUT2D eigenvalue weighted by Gasteiger charge is -2.34. The number of carbonyl (C=O) groups is 1. The van der Waals surface area contributed by atoms with Gasteiger partial charge in [-0.05, 0) is 18.6 Å². The summed E-state index contributed by atoms with van der Waals surface area (Å²) in [7, 11) is 0. The van der Waals surface area contributed by atoms with Crippen LogP contribution in [0.15, 0.2) is 36.1 Å². The van der Waals surface area contributed by atoms with Gasteiger partial charge in [0, 0.05) is 50.1 Å². The molecule has 1 fully saturated rings. The topological polar surface area (TPSA) is 53.7 Å². The molecule has 1 saturated heterocycles. The van der Waals surface area contributed by atoms with E-state index in [-0.39, 0.29) is 5.91 Å². The number of carbonyl (C=O) groups excluding carboxylic acids is 1. The fourth-order valence-corrected chi connectivity index (χ4v) is 3.54. The molecule has 1 aliphatic rings. The van der Waals surface area contributed by atoms with Crippen LogP contribution in [0.25, 0.3) is 5.65 Å². The van der Waals surface area contributed by atoms with Crippen molar-refractivity contribution in [2.75, 3.05) is 31.1 Å². The van der Waals surface area contributed by atoms with Crippen molar-refractivity contribution in [3.8, 4) is 0 Å². The number of pyridine rings is 1. The number of amides is 1. The van der Waals surface area contributed by atoms with Gasteiger partial charge in [-0.1, -0.05) is 6.07 Å². The highest BCUT2D eigenvalue weighted by molar-refractivity contribution is 7.13. The molecule has 0 bridgehead atoms. The molecule has 1 aliphatic heterocycles. The molecular weight excluding hydrogens is 310 g/mol. The molecule has 0 unspecified atom stereocenters. The molecule has 4 heterocycles. The summed E-state index contributed by atoms with van der Waals surface area (Å²) >= 11 is 1.64. The van der Waals surface area contributed by atoms with Crippen molar-refractivity contribution in [1.82, 2.24) is 19.3 Å². The van der Waals surface area contributed by atoms with Crippen molar-refractivity contribution in [3.63, 3.8) is 0 Å². The highest BCUT2D eigenvalue weighted by atomic mass is 32.1. The average Bonchev–Trinajstić information content (AvgIpc) is 3.23. The summed E-state index contributed by atoms with van der Waals surface area (Å²) in [5.74, 6) is 0.00476. The van der Waals surface area contributed by atoms with E-state index < -0.39 is 0 Å². The summed E-state index contributed by atoms with van der Waals surface area (Å²) in [5, 5.41) is 3.01. The van der Waals surface area contributed by atoms with Crippen LogP contribution in [0, 0.1) is 6.92 Å². The van der Waals surface area contributed by atoms with E-state index in [1.165, 1.54) is 0 Å². The fraction of sp³-hybridized carbons (Fsp3) is 0.312. The lowest BCUT2D eigenvalue weighted by molar-refractivity contribution is 0.0741. The number of rotatable bonds is 2. The van der Waals surface area contributed by atoms with Gasteiger partial charge >= 0.3 is 0 Å². The smallest absolute Gasteiger partial charge is 0.274 e. The van der Waals surface area contributed by atoms with E-state index in [2.05, 4.69) is 14.9 Å². The van der Waals surface area contributed by atoms with Crippen molar-refractivity contribution < 1.29 is 4.79 Å². The van der Waals surface area contributed by atoms with Crippen LogP contribution in [0.1, 0.15) is 16.1 Å². The van der Waals surface area contributed by atoms with Gasteiger partial charge in [-0.2, -0.15) is 0 Å². The number of hydrogen-bond donors (Lipinski definition) is 0. The van der Waals surface area contributed by atoms with E-state index in [1.807, 2.05) is 52.3 Å². The van der Waals surface area contributed by atoms with E-state index in [9.17, 15) is 4.79 Å². The minimum atomic E-state index is 0.00476. The normalized spacial score (nSPS) is 15.3. The van der Waals surface area contributed by atoms with E-state index in [4.69, 9.17) is 0 Å². The molecule has 3 aromatic heterocycles. The predicted octanol–water partition coefficient (Wildman–Crippen LogP) is 2.06. The van der Waals surface area contributed by atoms with Crippen molar-refractivity contribution in [1.29, 1.82) is 0 Å². The summed E-state index contributed by atoms with van der Waals surface area (Å²) in [4.78, 5) is 25.5. The molecule has 0 saturated carbocycles. The van der Waals surface area contributed by atoms with Crippen molar-refractivity contribution in [2.24, 2.45) is 0 Å². The first kappa shape index (κ1) is 14.2. The first-order chi connectivity index (χ1) is 11.2. The number of piperazine rings is 1. The molecule has 23 heavy (non-hydrogen) atoms. The summed E-state index contributed by atoms with van der Waals surface area (Å²) in [5.41, 5.74) is 2.46. The maximum Gasteiger partial charge on any atom is 0.274 e. The first-order valence-electron chi connectivity index (χ1n) is 7.60. The zero-order valence-corrected chi connectivity index (χ0v) is 13.7. The van der Waals surface area contributed by atoms with Gasteiger partial charge in [0.1, 0.15) is 11.3 Å². The van der Waals surface area contributed by atoms with Gasteiger partial charge in [0.15, 0.2) is 5.13 Å². The van der Waals surface area contributed by atoms with Gasteiger partial charge in [0.05, 0.1) is 0 Å². The molecular formula is C16H17N5OS. The lowest BCUT2D eigenvalue weighted by atomic mass is 10.3. The van der Waals surface area contributed by atoms with Crippen LogP contribution in [0.2, 0.25) is 0 Å². The summed E-state index contributed by atoms with van der Waals surface area (Å²) in [6.07, 6.45) is 5.62. The Morgan fingerprint density at radius 1 is 1.17 bits per heavy atom. The number of nitrogens with zero attached hydrogens (tertiary/aromatic N) is 5. The summed E-state index contributed by atoms with van der Waals surface area (Å²) in [6, 6.07) is 3.94. The number of hydrogen-bond acceptors (Lipinski definition) is 5. The molecule has 4 rings (SSSR count). The third kappa shape index (κ3) is 2.68. The Morgan fingerprint density at radius 3 is 2.74 bits per heavy atom. The van der Waals surface area contributed by atoms with Gasteiger partial charge in [-0.3, -0.25) is 4.79 Å². The van der Waals surface area contributed by atoms with Crippen molar-refractivity contribution in [3.05, 3.63) is 47.4 Å². The molecule has 3 aromatic rings. The highest BCUT2D eigenvalue weighted by Gasteiger charge is 2.24. The maximum absolute atomic E-state index is 12.7. The molecule has 0 spiro atoms. The molecule has 7 heteroatoms. The van der Waals surface area contributed by atoms with Crippen LogP contribution in [0.3, 0.4) is 0 Å². The molecule has 0 N–H and O–H groups in total. The zero-order chi connectivity index (χ0) is 15.8. The Morgan fingerprint density at radius 2 is 2.00 bits per heavy atom. The van der Waals surface area contributed by atoms with Crippen molar-refractivity contribution in [2.45, 2.75) is 6.92 Å².